The zero-order valence-corrected chi connectivity index (χ0v) is 22.7. The third-order valence-corrected chi connectivity index (χ3v) is 9.23. The molecule has 3 aliphatic carbocycles. The molecule has 0 aliphatic heterocycles. The molecule has 3 nitrogen and oxygen atoms in total. The van der Waals surface area contributed by atoms with Crippen molar-refractivity contribution in [2.45, 2.75) is 109 Å². The minimum absolute atomic E-state index is 0.0401. The lowest BCUT2D eigenvalue weighted by atomic mass is 9.50. The Morgan fingerprint density at radius 2 is 1.54 bits per heavy atom. The molecule has 3 saturated carbocycles. The van der Waals surface area contributed by atoms with Crippen LogP contribution in [-0.4, -0.2) is 6.61 Å². The first-order valence-corrected chi connectivity index (χ1v) is 14.4. The van der Waals surface area contributed by atoms with E-state index in [4.69, 9.17) is 4.74 Å². The van der Waals surface area contributed by atoms with E-state index in [1.54, 1.807) is 6.07 Å². The molecule has 2 aromatic carbocycles. The highest BCUT2D eigenvalue weighted by atomic mass is 19.1. The van der Waals surface area contributed by atoms with Gasteiger partial charge < -0.3 is 4.74 Å². The number of aryl methyl sites for hydroxylation is 2. The van der Waals surface area contributed by atoms with Gasteiger partial charge >= 0.3 is 0 Å². The summed E-state index contributed by atoms with van der Waals surface area (Å²) < 4.78 is 20.0. The van der Waals surface area contributed by atoms with Crippen LogP contribution in [0.5, 0.6) is 5.75 Å². The topological polar surface area (TPSA) is 56.8 Å². The van der Waals surface area contributed by atoms with Gasteiger partial charge in [-0.3, -0.25) is 0 Å². The van der Waals surface area contributed by atoms with Crippen LogP contribution in [0.15, 0.2) is 30.3 Å². The molecule has 2 aromatic rings. The van der Waals surface area contributed by atoms with E-state index in [0.29, 0.717) is 41.7 Å². The van der Waals surface area contributed by atoms with Crippen LogP contribution in [0, 0.1) is 33.9 Å². The number of ether oxygens (including phenoxy) is 1. The first-order valence-electron chi connectivity index (χ1n) is 14.4. The molecule has 5 rings (SSSR count). The highest BCUT2D eigenvalue weighted by Gasteiger charge is 2.49. The van der Waals surface area contributed by atoms with Crippen LogP contribution in [0.1, 0.15) is 119 Å². The van der Waals surface area contributed by atoms with E-state index in [0.717, 1.165) is 48.8 Å². The zero-order valence-electron chi connectivity index (χ0n) is 22.7. The van der Waals surface area contributed by atoms with Crippen LogP contribution in [0.25, 0.3) is 0 Å². The number of rotatable bonds is 12. The maximum absolute atomic E-state index is 14.5. The molecular weight excluding hydrogens is 459 g/mol. The van der Waals surface area contributed by atoms with Crippen LogP contribution in [0.2, 0.25) is 0 Å². The van der Waals surface area contributed by atoms with Gasteiger partial charge in [0, 0.05) is 0 Å². The van der Waals surface area contributed by atoms with Gasteiger partial charge in [0.1, 0.15) is 12.1 Å². The van der Waals surface area contributed by atoms with Gasteiger partial charge in [-0.1, -0.05) is 57.7 Å². The summed E-state index contributed by atoms with van der Waals surface area (Å²) in [7, 11) is 0. The Hall–Kier alpha value is -2.85. The molecular formula is C33H41FN2O. The van der Waals surface area contributed by atoms with Crippen LogP contribution >= 0.6 is 0 Å². The van der Waals surface area contributed by atoms with Gasteiger partial charge in [-0.25, -0.2) is 4.39 Å². The number of hydrogen-bond acceptors (Lipinski definition) is 3. The Morgan fingerprint density at radius 1 is 0.838 bits per heavy atom. The minimum atomic E-state index is -0.346. The summed E-state index contributed by atoms with van der Waals surface area (Å²) in [5.74, 6) is -0.0544. The monoisotopic (exact) mass is 500 g/mol. The lowest BCUT2D eigenvalue weighted by molar-refractivity contribution is 0.0304. The number of unbranched alkanes of at least 4 members (excludes halogenated alkanes) is 3. The van der Waals surface area contributed by atoms with E-state index < -0.39 is 0 Å². The van der Waals surface area contributed by atoms with Crippen molar-refractivity contribution in [1.29, 1.82) is 10.5 Å². The smallest absolute Gasteiger partial charge is 0.165 e. The number of benzene rings is 2. The molecule has 0 saturated heterocycles. The average Bonchev–Trinajstić information content (AvgIpc) is 2.93. The lowest BCUT2D eigenvalue weighted by Gasteiger charge is -2.54. The van der Waals surface area contributed by atoms with E-state index in [1.165, 1.54) is 51.0 Å². The van der Waals surface area contributed by atoms with Crippen molar-refractivity contribution in [3.8, 4) is 17.9 Å². The van der Waals surface area contributed by atoms with E-state index in [-0.39, 0.29) is 11.2 Å². The molecule has 0 aromatic heterocycles. The summed E-state index contributed by atoms with van der Waals surface area (Å²) in [5, 5.41) is 20.3. The average molecular weight is 501 g/mol. The number of halogens is 1. The maximum Gasteiger partial charge on any atom is 0.165 e. The van der Waals surface area contributed by atoms with Crippen molar-refractivity contribution in [3.05, 3.63) is 64.0 Å². The third kappa shape index (κ3) is 5.85. The molecule has 196 valence electrons. The molecule has 0 atom stereocenters. The van der Waals surface area contributed by atoms with Crippen molar-refractivity contribution >= 4 is 0 Å². The lowest BCUT2D eigenvalue weighted by Crippen LogP contribution is -2.44. The Labute approximate surface area is 222 Å². The van der Waals surface area contributed by atoms with Crippen molar-refractivity contribution in [2.75, 3.05) is 6.61 Å². The highest BCUT2D eigenvalue weighted by molar-refractivity contribution is 5.57. The molecule has 2 bridgehead atoms. The van der Waals surface area contributed by atoms with Gasteiger partial charge in [-0.15, -0.1) is 0 Å². The number of fused-ring (bicyclic) bond motifs is 3. The predicted molar refractivity (Wildman–Crippen MR) is 146 cm³/mol. The summed E-state index contributed by atoms with van der Waals surface area (Å²) in [4.78, 5) is 0. The first kappa shape index (κ1) is 27.2. The first-order chi connectivity index (χ1) is 18.0. The SMILES string of the molecule is CCCCCC12CCC(c3ccc(CCc4ccc(OCCCC)c(F)c4)c(C#N)c3C#N)(CC1)CC2. The minimum Gasteiger partial charge on any atom is -0.491 e. The fourth-order valence-corrected chi connectivity index (χ4v) is 6.75. The Kier molecular flexibility index (Phi) is 8.91. The van der Waals surface area contributed by atoms with Crippen LogP contribution in [0.4, 0.5) is 4.39 Å². The maximum atomic E-state index is 14.5. The van der Waals surface area contributed by atoms with Gasteiger partial charge in [0.2, 0.25) is 0 Å². The molecule has 0 N–H and O–H groups in total. The zero-order chi connectivity index (χ0) is 26.3. The Balaban J connectivity index is 1.48. The van der Waals surface area contributed by atoms with E-state index >= 15 is 0 Å². The van der Waals surface area contributed by atoms with Gasteiger partial charge in [-0.05, 0) is 104 Å². The summed E-state index contributed by atoms with van der Waals surface area (Å²) in [5.41, 5.74) is 4.47. The molecule has 4 heteroatoms. The largest absolute Gasteiger partial charge is 0.491 e. The fourth-order valence-electron chi connectivity index (χ4n) is 6.75. The van der Waals surface area contributed by atoms with Crippen LogP contribution in [-0.2, 0) is 18.3 Å². The van der Waals surface area contributed by atoms with Crippen LogP contribution in [0.3, 0.4) is 0 Å². The van der Waals surface area contributed by atoms with Crippen molar-refractivity contribution in [3.63, 3.8) is 0 Å². The summed E-state index contributed by atoms with van der Waals surface area (Å²) in [6.07, 6.45) is 15.5. The van der Waals surface area contributed by atoms with Crippen molar-refractivity contribution in [1.82, 2.24) is 0 Å². The molecule has 0 spiro atoms. The molecule has 0 heterocycles. The molecule has 3 aliphatic rings. The number of nitrogens with zero attached hydrogens (tertiary/aromatic N) is 2. The summed E-state index contributed by atoms with van der Waals surface area (Å²) in [6, 6.07) is 14.1. The van der Waals surface area contributed by atoms with Gasteiger partial charge in [0.05, 0.1) is 17.7 Å². The van der Waals surface area contributed by atoms with Crippen molar-refractivity contribution < 1.29 is 9.13 Å². The Morgan fingerprint density at radius 3 is 2.16 bits per heavy atom. The fraction of sp³-hybridized carbons (Fsp3) is 0.576. The van der Waals surface area contributed by atoms with E-state index in [2.05, 4.69) is 38.1 Å². The second-order valence-corrected chi connectivity index (χ2v) is 11.5. The number of nitriles is 2. The second-order valence-electron chi connectivity index (χ2n) is 11.5. The van der Waals surface area contributed by atoms with E-state index in [1.807, 2.05) is 6.07 Å². The molecule has 3 fully saturated rings. The quantitative estimate of drug-likeness (QED) is 0.274. The normalized spacial score (nSPS) is 22.4. The summed E-state index contributed by atoms with van der Waals surface area (Å²) in [6.45, 7) is 4.86. The molecule has 0 unspecified atom stereocenters. The third-order valence-electron chi connectivity index (χ3n) is 9.23. The Bertz CT molecular complexity index is 1150. The molecule has 0 radical (unpaired) electrons. The van der Waals surface area contributed by atoms with Crippen LogP contribution < -0.4 is 4.74 Å². The van der Waals surface area contributed by atoms with Gasteiger partial charge in [0.25, 0.3) is 0 Å². The predicted octanol–water partition coefficient (Wildman–Crippen LogP) is 8.71. The highest BCUT2D eigenvalue weighted by Crippen LogP contribution is 2.60. The molecule has 37 heavy (non-hydrogen) atoms. The second kappa shape index (κ2) is 12.1. The van der Waals surface area contributed by atoms with Crippen molar-refractivity contribution in [2.24, 2.45) is 5.41 Å². The standard InChI is InChI=1S/C33H41FN2O/c1-3-5-7-14-32-15-18-33(19-16-32,20-17-32)29-12-11-26(27(23-35)28(29)24-36)10-8-25-9-13-31(30(34)22-25)37-21-6-4-2/h9,11-13,22H,3-8,10,14-21H2,1-2H3. The van der Waals surface area contributed by atoms with Gasteiger partial charge in [0.15, 0.2) is 11.6 Å². The summed E-state index contributed by atoms with van der Waals surface area (Å²) >= 11 is 0. The molecule has 0 amide bonds. The number of hydrogen-bond donors (Lipinski definition) is 0. The van der Waals surface area contributed by atoms with Gasteiger partial charge in [-0.2, -0.15) is 10.5 Å². The van der Waals surface area contributed by atoms with E-state index in [9.17, 15) is 14.9 Å².